The molecule has 4 heteroatoms. The van der Waals surface area contributed by atoms with E-state index in [4.69, 9.17) is 9.47 Å². The number of rotatable bonds is 5. The molecule has 4 rings (SSSR count). The minimum Gasteiger partial charge on any atom is -0.493 e. The largest absolute Gasteiger partial charge is 0.493 e. The maximum Gasteiger partial charge on any atom is 0.228 e. The van der Waals surface area contributed by atoms with E-state index in [1.807, 2.05) is 0 Å². The van der Waals surface area contributed by atoms with Crippen molar-refractivity contribution < 1.29 is 14.3 Å². The van der Waals surface area contributed by atoms with Crippen molar-refractivity contribution >= 4 is 11.6 Å². The summed E-state index contributed by atoms with van der Waals surface area (Å²) in [5.74, 6) is 1.85. The lowest BCUT2D eigenvalue weighted by Crippen LogP contribution is -2.18. The van der Waals surface area contributed by atoms with Crippen LogP contribution in [0.4, 0.5) is 5.69 Å². The number of fused-ring (bicyclic) bond motifs is 2. The number of ether oxygens (including phenoxy) is 2. The lowest BCUT2D eigenvalue weighted by molar-refractivity contribution is -0.115. The van der Waals surface area contributed by atoms with Gasteiger partial charge in [0, 0.05) is 35.2 Å². The van der Waals surface area contributed by atoms with E-state index < -0.39 is 0 Å². The second kappa shape index (κ2) is 7.02. The molecule has 0 unspecified atom stereocenters. The number of carbonyl (C=O) groups excluding carboxylic acids is 1. The number of para-hydroxylation sites is 1. The van der Waals surface area contributed by atoms with Crippen LogP contribution in [0.15, 0.2) is 24.3 Å². The van der Waals surface area contributed by atoms with Crippen LogP contribution in [0.3, 0.4) is 0 Å². The SMILES string of the molecule is CCc1cccc(CC)c1NC(=O)Cc1c2c(cc3c1OCC3)OCC2. The third kappa shape index (κ3) is 2.94. The zero-order valence-corrected chi connectivity index (χ0v) is 15.5. The smallest absolute Gasteiger partial charge is 0.228 e. The fraction of sp³-hybridized carbons (Fsp3) is 0.409. The first-order valence-corrected chi connectivity index (χ1v) is 9.55. The van der Waals surface area contributed by atoms with Crippen molar-refractivity contribution in [1.82, 2.24) is 0 Å². The molecule has 0 fully saturated rings. The van der Waals surface area contributed by atoms with Crippen LogP contribution in [-0.4, -0.2) is 19.1 Å². The number of nitrogens with one attached hydrogen (secondary N) is 1. The van der Waals surface area contributed by atoms with Crippen LogP contribution in [-0.2, 0) is 36.9 Å². The Morgan fingerprint density at radius 3 is 2.54 bits per heavy atom. The van der Waals surface area contributed by atoms with E-state index in [0.29, 0.717) is 19.6 Å². The molecular formula is C22H25NO3. The fourth-order valence-electron chi connectivity index (χ4n) is 4.02. The molecule has 136 valence electrons. The minimum absolute atomic E-state index is 0.0126. The standard InChI is InChI=1S/C22H25NO3/c1-3-14-6-5-7-15(4-2)21(14)23-20(24)13-18-17-9-11-25-19(17)12-16-8-10-26-22(16)18/h5-7,12H,3-4,8-11,13H2,1-2H3,(H,23,24). The molecule has 0 aromatic heterocycles. The van der Waals surface area contributed by atoms with Crippen LogP contribution < -0.4 is 14.8 Å². The van der Waals surface area contributed by atoms with Crippen molar-refractivity contribution in [3.05, 3.63) is 52.1 Å². The molecule has 2 aliphatic rings. The molecule has 2 aromatic rings. The molecule has 4 nitrogen and oxygen atoms in total. The number of hydrogen-bond donors (Lipinski definition) is 1. The van der Waals surface area contributed by atoms with E-state index in [1.54, 1.807) is 0 Å². The number of aryl methyl sites for hydroxylation is 2. The van der Waals surface area contributed by atoms with Gasteiger partial charge in [-0.1, -0.05) is 32.0 Å². The molecule has 26 heavy (non-hydrogen) atoms. The summed E-state index contributed by atoms with van der Waals surface area (Å²) >= 11 is 0. The maximum absolute atomic E-state index is 12.9. The van der Waals surface area contributed by atoms with E-state index in [9.17, 15) is 4.79 Å². The van der Waals surface area contributed by atoms with Gasteiger partial charge in [-0.15, -0.1) is 0 Å². The average molecular weight is 351 g/mol. The number of anilines is 1. The summed E-state index contributed by atoms with van der Waals surface area (Å²) in [6, 6.07) is 8.33. The number of carbonyl (C=O) groups is 1. The number of amides is 1. The molecule has 0 atom stereocenters. The quantitative estimate of drug-likeness (QED) is 0.890. The van der Waals surface area contributed by atoms with Crippen LogP contribution in [0.5, 0.6) is 11.5 Å². The van der Waals surface area contributed by atoms with Gasteiger partial charge in [0.05, 0.1) is 19.6 Å². The summed E-state index contributed by atoms with van der Waals surface area (Å²) in [6.45, 7) is 5.61. The Balaban J connectivity index is 1.63. The molecule has 0 saturated carbocycles. The van der Waals surface area contributed by atoms with Crippen molar-refractivity contribution in [2.24, 2.45) is 0 Å². The minimum atomic E-state index is 0.0126. The Hall–Kier alpha value is -2.49. The van der Waals surface area contributed by atoms with Crippen LogP contribution >= 0.6 is 0 Å². The number of benzene rings is 2. The van der Waals surface area contributed by atoms with Gasteiger partial charge in [0.25, 0.3) is 0 Å². The summed E-state index contributed by atoms with van der Waals surface area (Å²) < 4.78 is 11.6. The first-order valence-electron chi connectivity index (χ1n) is 9.55. The average Bonchev–Trinajstić information content (AvgIpc) is 3.30. The highest BCUT2D eigenvalue weighted by Gasteiger charge is 2.27. The molecule has 0 bridgehead atoms. The Bertz CT molecular complexity index is 802. The second-order valence-electron chi connectivity index (χ2n) is 6.90. The van der Waals surface area contributed by atoms with Gasteiger partial charge in [-0.3, -0.25) is 4.79 Å². The Morgan fingerprint density at radius 2 is 1.81 bits per heavy atom. The predicted octanol–water partition coefficient (Wildman–Crippen LogP) is 3.86. The van der Waals surface area contributed by atoms with Crippen molar-refractivity contribution in [3.8, 4) is 11.5 Å². The van der Waals surface area contributed by atoms with Gasteiger partial charge < -0.3 is 14.8 Å². The van der Waals surface area contributed by atoms with Crippen molar-refractivity contribution in [3.63, 3.8) is 0 Å². The third-order valence-electron chi connectivity index (χ3n) is 5.36. The van der Waals surface area contributed by atoms with Gasteiger partial charge in [-0.2, -0.15) is 0 Å². The van der Waals surface area contributed by atoms with Crippen LogP contribution in [0, 0.1) is 0 Å². The van der Waals surface area contributed by atoms with Gasteiger partial charge in [-0.25, -0.2) is 0 Å². The molecule has 0 aliphatic carbocycles. The van der Waals surface area contributed by atoms with E-state index >= 15 is 0 Å². The molecular weight excluding hydrogens is 326 g/mol. The normalized spacial score (nSPS) is 14.4. The highest BCUT2D eigenvalue weighted by atomic mass is 16.5. The molecule has 0 spiro atoms. The topological polar surface area (TPSA) is 47.6 Å². The fourth-order valence-corrected chi connectivity index (χ4v) is 4.02. The lowest BCUT2D eigenvalue weighted by atomic mass is 9.96. The van der Waals surface area contributed by atoms with E-state index in [1.165, 1.54) is 11.1 Å². The summed E-state index contributed by atoms with van der Waals surface area (Å²) in [7, 11) is 0. The molecule has 2 aromatic carbocycles. The first-order chi connectivity index (χ1) is 12.7. The van der Waals surface area contributed by atoms with E-state index in [-0.39, 0.29) is 5.91 Å². The van der Waals surface area contributed by atoms with Crippen LogP contribution in [0.25, 0.3) is 0 Å². The van der Waals surface area contributed by atoms with E-state index in [2.05, 4.69) is 43.4 Å². The molecule has 1 amide bonds. The molecule has 2 heterocycles. The molecule has 1 N–H and O–H groups in total. The summed E-state index contributed by atoms with van der Waals surface area (Å²) in [5.41, 5.74) is 6.65. The van der Waals surface area contributed by atoms with Crippen LogP contribution in [0.2, 0.25) is 0 Å². The monoisotopic (exact) mass is 351 g/mol. The summed E-state index contributed by atoms with van der Waals surface area (Å²) in [5, 5.41) is 3.18. The number of hydrogen-bond acceptors (Lipinski definition) is 3. The van der Waals surface area contributed by atoms with Gasteiger partial charge in [0.1, 0.15) is 11.5 Å². The lowest BCUT2D eigenvalue weighted by Gasteiger charge is -2.16. The highest BCUT2D eigenvalue weighted by molar-refractivity contribution is 5.94. The molecule has 0 saturated heterocycles. The zero-order chi connectivity index (χ0) is 18.1. The van der Waals surface area contributed by atoms with Crippen molar-refractivity contribution in [2.75, 3.05) is 18.5 Å². The predicted molar refractivity (Wildman–Crippen MR) is 102 cm³/mol. The zero-order valence-electron chi connectivity index (χ0n) is 15.5. The van der Waals surface area contributed by atoms with Gasteiger partial charge in [0.2, 0.25) is 5.91 Å². The summed E-state index contributed by atoms with van der Waals surface area (Å²) in [6.07, 6.45) is 3.86. The van der Waals surface area contributed by atoms with E-state index in [0.717, 1.165) is 59.6 Å². The molecule has 2 aliphatic heterocycles. The third-order valence-corrected chi connectivity index (χ3v) is 5.36. The van der Waals surface area contributed by atoms with Crippen molar-refractivity contribution in [2.45, 2.75) is 46.0 Å². The second-order valence-corrected chi connectivity index (χ2v) is 6.90. The Kier molecular flexibility index (Phi) is 4.58. The van der Waals surface area contributed by atoms with Gasteiger partial charge in [0.15, 0.2) is 0 Å². The Morgan fingerprint density at radius 1 is 1.08 bits per heavy atom. The highest BCUT2D eigenvalue weighted by Crippen LogP contribution is 2.41. The molecule has 0 radical (unpaired) electrons. The van der Waals surface area contributed by atoms with Gasteiger partial charge >= 0.3 is 0 Å². The summed E-state index contributed by atoms with van der Waals surface area (Å²) in [4.78, 5) is 12.9. The van der Waals surface area contributed by atoms with Gasteiger partial charge in [-0.05, 0) is 30.0 Å². The van der Waals surface area contributed by atoms with Crippen molar-refractivity contribution in [1.29, 1.82) is 0 Å². The first kappa shape index (κ1) is 17.0. The van der Waals surface area contributed by atoms with Crippen LogP contribution in [0.1, 0.15) is 41.7 Å². The Labute approximate surface area is 154 Å². The maximum atomic E-state index is 12.9.